The molecule has 0 saturated heterocycles. The maximum atomic E-state index is 11.7. The zero-order valence-corrected chi connectivity index (χ0v) is 12.2. The molecule has 1 fully saturated rings. The number of rotatable bonds is 8. The number of hydrogen-bond donors (Lipinski definition) is 2. The highest BCUT2D eigenvalue weighted by molar-refractivity contribution is 5.80. The highest BCUT2D eigenvalue weighted by Gasteiger charge is 2.52. The maximum absolute atomic E-state index is 11.7. The van der Waals surface area contributed by atoms with Crippen molar-refractivity contribution in [3.63, 3.8) is 0 Å². The number of ether oxygens (including phenoxy) is 1. The Morgan fingerprint density at radius 3 is 2.22 bits per heavy atom. The van der Waals surface area contributed by atoms with E-state index in [1.165, 1.54) is 0 Å². The second-order valence-electron chi connectivity index (χ2n) is 6.11. The van der Waals surface area contributed by atoms with Crippen LogP contribution in [0.1, 0.15) is 47.5 Å². The molecule has 1 saturated carbocycles. The summed E-state index contributed by atoms with van der Waals surface area (Å²) in [4.78, 5) is 11.7. The Morgan fingerprint density at radius 2 is 1.89 bits per heavy atom. The second kappa shape index (κ2) is 6.02. The van der Waals surface area contributed by atoms with Gasteiger partial charge in [-0.25, -0.2) is 0 Å². The van der Waals surface area contributed by atoms with Gasteiger partial charge in [-0.2, -0.15) is 0 Å². The lowest BCUT2D eigenvalue weighted by Gasteiger charge is -2.34. The molecule has 2 N–H and O–H groups in total. The summed E-state index contributed by atoms with van der Waals surface area (Å²) in [6.07, 6.45) is 2.04. The minimum Gasteiger partial charge on any atom is -0.480 e. The largest absolute Gasteiger partial charge is 0.480 e. The van der Waals surface area contributed by atoms with Crippen LogP contribution in [0.4, 0.5) is 0 Å². The van der Waals surface area contributed by atoms with Gasteiger partial charge in [0.05, 0.1) is 12.7 Å². The van der Waals surface area contributed by atoms with Crippen LogP contribution in [-0.4, -0.2) is 35.4 Å². The zero-order chi connectivity index (χ0) is 13.9. The Morgan fingerprint density at radius 1 is 1.33 bits per heavy atom. The first-order valence-corrected chi connectivity index (χ1v) is 6.92. The first-order chi connectivity index (χ1) is 8.29. The van der Waals surface area contributed by atoms with Crippen LogP contribution in [0.5, 0.6) is 0 Å². The van der Waals surface area contributed by atoms with Crippen LogP contribution < -0.4 is 5.32 Å². The van der Waals surface area contributed by atoms with Crippen LogP contribution in [-0.2, 0) is 9.53 Å². The molecule has 2 atom stereocenters. The smallest absolute Gasteiger partial charge is 0.326 e. The number of nitrogens with one attached hydrogen (secondary N) is 1. The number of carboxylic acid groups (broad SMARTS) is 1. The molecule has 0 aromatic carbocycles. The topological polar surface area (TPSA) is 58.6 Å². The van der Waals surface area contributed by atoms with Gasteiger partial charge in [-0.1, -0.05) is 13.8 Å². The Kier molecular flexibility index (Phi) is 5.17. The zero-order valence-electron chi connectivity index (χ0n) is 12.2. The summed E-state index contributed by atoms with van der Waals surface area (Å²) in [7, 11) is 0. The van der Waals surface area contributed by atoms with Crippen molar-refractivity contribution in [2.75, 3.05) is 6.61 Å². The minimum absolute atomic E-state index is 0.0800. The van der Waals surface area contributed by atoms with Crippen molar-refractivity contribution in [1.82, 2.24) is 5.32 Å². The van der Waals surface area contributed by atoms with Gasteiger partial charge < -0.3 is 9.84 Å². The molecule has 0 aromatic rings. The third-order valence-corrected chi connectivity index (χ3v) is 3.71. The molecule has 0 heterocycles. The lowest BCUT2D eigenvalue weighted by molar-refractivity contribution is -0.151. The van der Waals surface area contributed by atoms with Gasteiger partial charge in [0.2, 0.25) is 0 Å². The Labute approximate surface area is 110 Å². The predicted molar refractivity (Wildman–Crippen MR) is 71.6 cm³/mol. The molecule has 0 amide bonds. The van der Waals surface area contributed by atoms with Crippen LogP contribution >= 0.6 is 0 Å². The SMILES string of the molecule is CC(C)NC(COC(C)C(C)C)(C(=O)O)C1CC1. The molecule has 0 bridgehead atoms. The molecule has 18 heavy (non-hydrogen) atoms. The van der Waals surface area contributed by atoms with Gasteiger partial charge in [0, 0.05) is 6.04 Å². The van der Waals surface area contributed by atoms with Crippen LogP contribution in [0.15, 0.2) is 0 Å². The Hall–Kier alpha value is -0.610. The highest BCUT2D eigenvalue weighted by atomic mass is 16.5. The minimum atomic E-state index is -0.905. The molecular formula is C14H27NO3. The summed E-state index contributed by atoms with van der Waals surface area (Å²) in [5.74, 6) is -0.179. The van der Waals surface area contributed by atoms with Crippen molar-refractivity contribution >= 4 is 5.97 Å². The van der Waals surface area contributed by atoms with Crippen molar-refractivity contribution in [2.45, 2.75) is 65.1 Å². The van der Waals surface area contributed by atoms with E-state index in [0.717, 1.165) is 12.8 Å². The fraction of sp³-hybridized carbons (Fsp3) is 0.929. The number of aliphatic carboxylic acids is 1. The normalized spacial score (nSPS) is 21.1. The quantitative estimate of drug-likeness (QED) is 0.700. The molecule has 0 radical (unpaired) electrons. The van der Waals surface area contributed by atoms with Crippen molar-refractivity contribution in [1.29, 1.82) is 0 Å². The lowest BCUT2D eigenvalue weighted by Crippen LogP contribution is -2.60. The van der Waals surface area contributed by atoms with E-state index >= 15 is 0 Å². The summed E-state index contributed by atoms with van der Waals surface area (Å²) < 4.78 is 5.79. The third-order valence-electron chi connectivity index (χ3n) is 3.71. The van der Waals surface area contributed by atoms with E-state index in [1.54, 1.807) is 0 Å². The maximum Gasteiger partial charge on any atom is 0.326 e. The Balaban J connectivity index is 2.73. The van der Waals surface area contributed by atoms with E-state index in [1.807, 2.05) is 20.8 Å². The summed E-state index contributed by atoms with van der Waals surface area (Å²) in [6, 6.07) is 0.139. The molecular weight excluding hydrogens is 230 g/mol. The Bertz CT molecular complexity index is 287. The van der Waals surface area contributed by atoms with Gasteiger partial charge in [0.1, 0.15) is 5.54 Å². The molecule has 106 valence electrons. The molecule has 4 nitrogen and oxygen atoms in total. The second-order valence-corrected chi connectivity index (χ2v) is 6.11. The van der Waals surface area contributed by atoms with Gasteiger partial charge in [0.25, 0.3) is 0 Å². The van der Waals surface area contributed by atoms with E-state index in [9.17, 15) is 9.90 Å². The molecule has 1 aliphatic rings. The van der Waals surface area contributed by atoms with Crippen LogP contribution in [0, 0.1) is 11.8 Å². The van der Waals surface area contributed by atoms with Crippen molar-refractivity contribution in [3.05, 3.63) is 0 Å². The van der Waals surface area contributed by atoms with Crippen LogP contribution in [0.25, 0.3) is 0 Å². The van der Waals surface area contributed by atoms with Crippen molar-refractivity contribution in [3.8, 4) is 0 Å². The van der Waals surface area contributed by atoms with E-state index in [0.29, 0.717) is 5.92 Å². The first-order valence-electron chi connectivity index (χ1n) is 6.92. The van der Waals surface area contributed by atoms with E-state index < -0.39 is 11.5 Å². The van der Waals surface area contributed by atoms with Gasteiger partial charge in [-0.05, 0) is 45.4 Å². The predicted octanol–water partition coefficient (Wildman–Crippen LogP) is 2.28. The number of carbonyl (C=O) groups is 1. The number of carboxylic acids is 1. The van der Waals surface area contributed by atoms with Crippen LogP contribution in [0.2, 0.25) is 0 Å². The van der Waals surface area contributed by atoms with E-state index in [-0.39, 0.29) is 24.7 Å². The lowest BCUT2D eigenvalue weighted by atomic mass is 9.93. The molecule has 0 aromatic heterocycles. The highest BCUT2D eigenvalue weighted by Crippen LogP contribution is 2.40. The van der Waals surface area contributed by atoms with Crippen LogP contribution in [0.3, 0.4) is 0 Å². The summed E-state index contributed by atoms with van der Waals surface area (Å²) in [6.45, 7) is 10.4. The molecule has 1 rings (SSSR count). The first kappa shape index (κ1) is 15.4. The summed E-state index contributed by atoms with van der Waals surface area (Å²) in [5.41, 5.74) is -0.905. The molecule has 1 aliphatic carbocycles. The van der Waals surface area contributed by atoms with E-state index in [2.05, 4.69) is 19.2 Å². The number of hydrogen-bond acceptors (Lipinski definition) is 3. The molecule has 0 aliphatic heterocycles. The fourth-order valence-corrected chi connectivity index (χ4v) is 2.12. The average molecular weight is 257 g/mol. The summed E-state index contributed by atoms with van der Waals surface area (Å²) >= 11 is 0. The summed E-state index contributed by atoms with van der Waals surface area (Å²) in [5, 5.41) is 12.8. The van der Waals surface area contributed by atoms with Gasteiger partial charge >= 0.3 is 5.97 Å². The fourth-order valence-electron chi connectivity index (χ4n) is 2.12. The molecule has 2 unspecified atom stereocenters. The molecule has 4 heteroatoms. The van der Waals surface area contributed by atoms with Crippen molar-refractivity contribution in [2.24, 2.45) is 11.8 Å². The third kappa shape index (κ3) is 3.69. The van der Waals surface area contributed by atoms with Gasteiger partial charge in [-0.3, -0.25) is 10.1 Å². The average Bonchev–Trinajstić information content (AvgIpc) is 3.06. The van der Waals surface area contributed by atoms with Gasteiger partial charge in [0.15, 0.2) is 0 Å². The standard InChI is InChI=1S/C14H27NO3/c1-9(2)11(5)18-8-14(13(16)17,12-6-7-12)15-10(3)4/h9-12,15H,6-8H2,1-5H3,(H,16,17). The monoisotopic (exact) mass is 257 g/mol. The van der Waals surface area contributed by atoms with Crippen molar-refractivity contribution < 1.29 is 14.6 Å². The van der Waals surface area contributed by atoms with E-state index in [4.69, 9.17) is 4.74 Å². The molecule has 0 spiro atoms. The van der Waals surface area contributed by atoms with Gasteiger partial charge in [-0.15, -0.1) is 0 Å².